The summed E-state index contributed by atoms with van der Waals surface area (Å²) in [5.41, 5.74) is 14.3. The van der Waals surface area contributed by atoms with Gasteiger partial charge in [0.15, 0.2) is 0 Å². The van der Waals surface area contributed by atoms with Crippen molar-refractivity contribution in [2.24, 2.45) is 0 Å². The Labute approximate surface area is 650 Å². The van der Waals surface area contributed by atoms with Gasteiger partial charge in [-0.05, 0) is 180 Å². The van der Waals surface area contributed by atoms with Crippen LogP contribution in [0.3, 0.4) is 0 Å². The number of aromatic nitrogens is 2. The van der Waals surface area contributed by atoms with E-state index < -0.39 is 15.8 Å². The number of hydrogen-bond acceptors (Lipinski definition) is 3. The Morgan fingerprint density at radius 1 is 0.425 bits per heavy atom. The minimum Gasteiger partial charge on any atom is -0.0622 e. The van der Waals surface area contributed by atoms with Gasteiger partial charge in [0.05, 0.1) is 11.0 Å². The number of phenols is 1. The Hall–Kier alpha value is -8.41. The van der Waals surface area contributed by atoms with Gasteiger partial charge in [-0.1, -0.05) is 370 Å². The first-order valence-corrected chi connectivity index (χ1v) is 44.3. The predicted octanol–water partition coefficient (Wildman–Crippen LogP) is 24.2. The van der Waals surface area contributed by atoms with E-state index in [2.05, 4.69) is 337 Å². The van der Waals surface area contributed by atoms with Gasteiger partial charge in [0.1, 0.15) is 5.75 Å². The van der Waals surface area contributed by atoms with Gasteiger partial charge in [0, 0.05) is 28.7 Å². The first-order valence-electron chi connectivity index (χ1n) is 36.3. The van der Waals surface area contributed by atoms with Crippen LogP contribution >= 0.6 is 42.8 Å². The van der Waals surface area contributed by atoms with Gasteiger partial charge in [-0.15, -0.1) is 0 Å². The fourth-order valence-corrected chi connectivity index (χ4v) is 22.6. The zero-order valence-electron chi connectivity index (χ0n) is 62.9. The van der Waals surface area contributed by atoms with Crippen molar-refractivity contribution in [1.82, 2.24) is 9.55 Å². The van der Waals surface area contributed by atoms with Crippen LogP contribution < -0.4 is 42.7 Å². The monoisotopic (exact) mass is 1580 g/mol. The molecule has 4 nitrogen and oxygen atoms in total. The maximum atomic E-state index is 13.2. The standard InChI is InChI=1S/C31H22N2O2.C29H45P.2C18H15P.2ClH.Pd/c34-27-14-8-23(9-15-27)24-10-16-29-28(19-24)31-25(20-32-29)11-17-30(35)33(31)26-12-6-22(7-13-26)18-21-4-2-1-3-5-21;1-19(2)22-17-24(20(3)4)27(25(18-22)21(5)6)23-15-13-14-16-26(23)30(28(7,8)9)29(10,11)12;2*1-4-10-16(11-5-1)19(17-12-6-2-7-13-17)18-14-8-3-9-15-18;;;/h1-17,19-20,34H,18H2;13-21H,1-12H3;2*1-15H;2*1H;/q;;;;;;+2/p-2. The molecule has 542 valence electrons. The molecule has 10 heteroatoms. The van der Waals surface area contributed by atoms with Crippen LogP contribution in [0.2, 0.25) is 0 Å². The molecule has 0 saturated heterocycles. The Kier molecular flexibility index (Phi) is 29.0. The van der Waals surface area contributed by atoms with Crippen LogP contribution in [0.5, 0.6) is 5.75 Å². The van der Waals surface area contributed by atoms with Crippen molar-refractivity contribution < 1.29 is 21.0 Å². The third-order valence-corrected chi connectivity index (χ3v) is 26.8. The molecule has 0 unspecified atom stereocenters. The molecule has 0 radical (unpaired) electrons. The third kappa shape index (κ3) is 21.0. The normalized spacial score (nSPS) is 11.4. The Morgan fingerprint density at radius 3 is 1.20 bits per heavy atom. The summed E-state index contributed by atoms with van der Waals surface area (Å²) in [4.78, 5) is 17.8. The molecule has 0 saturated carbocycles. The van der Waals surface area contributed by atoms with Gasteiger partial charge in [0.25, 0.3) is 5.56 Å². The molecule has 0 aliphatic carbocycles. The van der Waals surface area contributed by atoms with E-state index >= 15 is 0 Å². The van der Waals surface area contributed by atoms with E-state index in [4.69, 9.17) is 19.1 Å². The molecule has 106 heavy (non-hydrogen) atoms. The smallest absolute Gasteiger partial charge is 0.0134 e. The summed E-state index contributed by atoms with van der Waals surface area (Å²) in [5, 5.41) is 21.9. The molecule has 12 aromatic carbocycles. The quantitative estimate of drug-likeness (QED) is 0.0632. The maximum Gasteiger partial charge on any atom is -0.0134 e. The predicted molar refractivity (Wildman–Crippen MR) is 463 cm³/mol. The number of halogens is 2. The van der Waals surface area contributed by atoms with E-state index in [1.807, 2.05) is 66.9 Å². The second-order valence-electron chi connectivity index (χ2n) is 29.1. The zero-order valence-corrected chi connectivity index (χ0v) is 68.6. The molecule has 0 atom stereocenters. The summed E-state index contributed by atoms with van der Waals surface area (Å²) in [5.74, 6) is 1.77. The van der Waals surface area contributed by atoms with Gasteiger partial charge in [-0.3, -0.25) is 14.3 Å². The number of benzene rings is 12. The van der Waals surface area contributed by atoms with Gasteiger partial charge in [-0.2, -0.15) is 0 Å². The molecule has 0 aliphatic rings. The van der Waals surface area contributed by atoms with Crippen molar-refractivity contribution in [2.45, 2.75) is 118 Å². The molecule has 0 amide bonds. The minimum absolute atomic E-state index is 0.0872. The number of hydrogen-bond donors (Lipinski definition) is 1. The average Bonchev–Trinajstić information content (AvgIpc) is 0.752. The first kappa shape index (κ1) is 80.1. The molecule has 2 aromatic heterocycles. The van der Waals surface area contributed by atoms with Gasteiger partial charge < -0.3 is 5.11 Å². The SMILES string of the molecule is CC(C)c1cc(C(C)C)c(-c2ccccc2P(C(C)(C)C)C(C)(C)C)c(C(C)C)c1.O=c1ccc2cnc3ccc(-c4ccc(O)cc4)cc3c2n1-c1ccc(Cc2ccccc2)cc1.[Cl][Pd][Cl].c1ccc(P(c2ccccc2)c2ccccc2)cc1.c1ccc(P(c2ccccc2)c2ccccc2)cc1. The van der Waals surface area contributed by atoms with Crippen LogP contribution in [-0.4, -0.2) is 25.0 Å². The Bertz CT molecular complexity index is 4750. The first-order chi connectivity index (χ1) is 51.1. The van der Waals surface area contributed by atoms with Crippen LogP contribution in [-0.2, 0) is 22.4 Å². The van der Waals surface area contributed by atoms with Gasteiger partial charge in [-0.25, -0.2) is 0 Å². The van der Waals surface area contributed by atoms with Crippen molar-refractivity contribution in [1.29, 1.82) is 0 Å². The fourth-order valence-electron chi connectivity index (χ4n) is 13.8. The number of rotatable bonds is 15. The van der Waals surface area contributed by atoms with E-state index in [0.717, 1.165) is 45.0 Å². The summed E-state index contributed by atoms with van der Waals surface area (Å²) in [6, 6.07) is 114. The number of nitrogens with zero attached hydrogens (tertiary/aromatic N) is 2. The summed E-state index contributed by atoms with van der Waals surface area (Å²) < 4.78 is 1.77. The van der Waals surface area contributed by atoms with Crippen molar-refractivity contribution in [3.63, 3.8) is 0 Å². The van der Waals surface area contributed by atoms with E-state index in [1.165, 1.54) is 70.8 Å². The number of pyridine rings is 2. The van der Waals surface area contributed by atoms with Crippen LogP contribution in [0.4, 0.5) is 0 Å². The molecule has 2 heterocycles. The van der Waals surface area contributed by atoms with E-state index in [1.54, 1.807) is 28.1 Å². The van der Waals surface area contributed by atoms with Crippen LogP contribution in [0, 0.1) is 0 Å². The van der Waals surface area contributed by atoms with Crippen LogP contribution in [0.25, 0.3) is 49.7 Å². The van der Waals surface area contributed by atoms with Crippen LogP contribution in [0.1, 0.15) is 129 Å². The largest absolute Gasteiger partial charge is 0.0622 e. The average molecular weight is 1580 g/mol. The second-order valence-corrected chi connectivity index (χ2v) is 39.8. The maximum absolute atomic E-state index is 13.2. The van der Waals surface area contributed by atoms with Crippen molar-refractivity contribution in [2.75, 3.05) is 0 Å². The minimum atomic E-state index is -0.446. The van der Waals surface area contributed by atoms with Crippen LogP contribution in [0.15, 0.2) is 339 Å². The van der Waals surface area contributed by atoms with E-state index in [-0.39, 0.29) is 45.5 Å². The number of aromatic hydroxyl groups is 1. The summed E-state index contributed by atoms with van der Waals surface area (Å²) in [7, 11) is 8.37. The van der Waals surface area contributed by atoms with E-state index in [9.17, 15) is 9.90 Å². The molecule has 0 bridgehead atoms. The molecular weight excluding hydrogens is 1480 g/mol. The summed E-state index contributed by atoms with van der Waals surface area (Å²) in [6.45, 7) is 28.6. The number of fused-ring (bicyclic) bond motifs is 3. The molecule has 14 aromatic rings. The van der Waals surface area contributed by atoms with Gasteiger partial charge in [0.2, 0.25) is 0 Å². The van der Waals surface area contributed by atoms with Gasteiger partial charge >= 0.3 is 35.0 Å². The topological polar surface area (TPSA) is 55.1 Å². The number of phenolic OH excluding ortho intramolecular Hbond substituents is 1. The molecular formula is C96H97Cl2N2O2P3Pd. The summed E-state index contributed by atoms with van der Waals surface area (Å²) in [6.07, 6.45) is 2.66. The fraction of sp³-hybridized carbons (Fsp3) is 0.188. The van der Waals surface area contributed by atoms with E-state index in [0.29, 0.717) is 17.8 Å². The molecule has 1 N–H and O–H groups in total. The Morgan fingerprint density at radius 2 is 0.802 bits per heavy atom. The molecule has 0 fully saturated rings. The Balaban J connectivity index is 0.000000154. The van der Waals surface area contributed by atoms with Crippen molar-refractivity contribution >= 4 is 102 Å². The zero-order chi connectivity index (χ0) is 75.3. The summed E-state index contributed by atoms with van der Waals surface area (Å²) >= 11 is -0.106. The molecule has 0 spiro atoms. The third-order valence-electron chi connectivity index (χ3n) is 18.3. The molecule has 0 aliphatic heterocycles. The second kappa shape index (κ2) is 38.4. The van der Waals surface area contributed by atoms with Crippen molar-refractivity contribution in [3.8, 4) is 33.7 Å². The van der Waals surface area contributed by atoms with Crippen molar-refractivity contribution in [3.05, 3.63) is 372 Å². The molecule has 14 rings (SSSR count).